The SMILES string of the molecule is CC1(C(=O)C(F)(F)F)CCC=[N+]1[O-]. The Labute approximate surface area is 72.4 Å². The molecule has 1 aliphatic rings. The number of hydrogen-bond acceptors (Lipinski definition) is 2. The summed E-state index contributed by atoms with van der Waals surface area (Å²) < 4.78 is 36.1. The van der Waals surface area contributed by atoms with E-state index in [9.17, 15) is 23.2 Å². The summed E-state index contributed by atoms with van der Waals surface area (Å²) in [5.74, 6) is -1.97. The van der Waals surface area contributed by atoms with Crippen LogP contribution in [0.4, 0.5) is 13.2 Å². The highest BCUT2D eigenvalue weighted by Gasteiger charge is 2.57. The summed E-state index contributed by atoms with van der Waals surface area (Å²) in [7, 11) is 0. The van der Waals surface area contributed by atoms with E-state index in [-0.39, 0.29) is 17.6 Å². The Morgan fingerprint density at radius 3 is 2.46 bits per heavy atom. The van der Waals surface area contributed by atoms with E-state index >= 15 is 0 Å². The normalized spacial score (nSPS) is 28.8. The Kier molecular flexibility index (Phi) is 2.09. The first-order chi connectivity index (χ1) is 5.78. The highest BCUT2D eigenvalue weighted by atomic mass is 19.4. The van der Waals surface area contributed by atoms with Crippen molar-refractivity contribution >= 4 is 12.0 Å². The number of alkyl halides is 3. The highest BCUT2D eigenvalue weighted by molar-refractivity contribution is 5.92. The molecule has 1 aliphatic heterocycles. The molecule has 0 amide bonds. The molecule has 6 heteroatoms. The molecule has 0 fully saturated rings. The zero-order chi connectivity index (χ0) is 10.3. The fraction of sp³-hybridized carbons (Fsp3) is 0.714. The van der Waals surface area contributed by atoms with Gasteiger partial charge in [0.1, 0.15) is 0 Å². The van der Waals surface area contributed by atoms with E-state index in [1.54, 1.807) is 0 Å². The average molecular weight is 195 g/mol. The number of halogens is 3. The van der Waals surface area contributed by atoms with Gasteiger partial charge in [-0.05, 0) is 0 Å². The second-order valence-corrected chi connectivity index (χ2v) is 3.15. The largest absolute Gasteiger partial charge is 0.623 e. The van der Waals surface area contributed by atoms with Crippen molar-refractivity contribution in [1.29, 1.82) is 0 Å². The van der Waals surface area contributed by atoms with Gasteiger partial charge in [0.2, 0.25) is 5.54 Å². The molecule has 1 heterocycles. The summed E-state index contributed by atoms with van der Waals surface area (Å²) in [6.45, 7) is 1.01. The van der Waals surface area contributed by atoms with E-state index in [0.29, 0.717) is 0 Å². The molecule has 13 heavy (non-hydrogen) atoms. The van der Waals surface area contributed by atoms with Crippen LogP contribution in [0, 0.1) is 5.21 Å². The molecule has 0 aromatic carbocycles. The Balaban J connectivity index is 2.95. The zero-order valence-electron chi connectivity index (χ0n) is 6.89. The van der Waals surface area contributed by atoms with Gasteiger partial charge in [0.25, 0.3) is 0 Å². The van der Waals surface area contributed by atoms with E-state index in [0.717, 1.165) is 13.1 Å². The number of rotatable bonds is 1. The molecule has 0 saturated heterocycles. The zero-order valence-corrected chi connectivity index (χ0v) is 6.89. The van der Waals surface area contributed by atoms with Crippen molar-refractivity contribution in [3.05, 3.63) is 5.21 Å². The van der Waals surface area contributed by atoms with Gasteiger partial charge in [-0.15, -0.1) is 0 Å². The van der Waals surface area contributed by atoms with Gasteiger partial charge in [-0.2, -0.15) is 13.2 Å². The molecular formula is C7H8F3NO2. The minimum atomic E-state index is -4.93. The monoisotopic (exact) mass is 195 g/mol. The number of nitrogens with zero attached hydrogens (tertiary/aromatic N) is 1. The van der Waals surface area contributed by atoms with Gasteiger partial charge in [0.15, 0.2) is 6.21 Å². The third-order valence-corrected chi connectivity index (χ3v) is 2.16. The van der Waals surface area contributed by atoms with Crippen LogP contribution in [-0.2, 0) is 4.79 Å². The molecule has 1 rings (SSSR count). The van der Waals surface area contributed by atoms with Gasteiger partial charge in [-0.3, -0.25) is 4.79 Å². The number of ketones is 1. The van der Waals surface area contributed by atoms with E-state index in [2.05, 4.69) is 0 Å². The molecule has 0 saturated carbocycles. The number of carbonyl (C=O) groups is 1. The van der Waals surface area contributed by atoms with E-state index in [4.69, 9.17) is 0 Å². The fourth-order valence-corrected chi connectivity index (χ4v) is 1.29. The van der Waals surface area contributed by atoms with Crippen molar-refractivity contribution in [3.63, 3.8) is 0 Å². The highest BCUT2D eigenvalue weighted by Crippen LogP contribution is 2.31. The first-order valence-electron chi connectivity index (χ1n) is 3.70. The molecule has 74 valence electrons. The van der Waals surface area contributed by atoms with Crippen molar-refractivity contribution in [2.45, 2.75) is 31.5 Å². The van der Waals surface area contributed by atoms with Gasteiger partial charge in [0, 0.05) is 19.8 Å². The Bertz CT molecular complexity index is 271. The summed E-state index contributed by atoms with van der Waals surface area (Å²) in [4.78, 5) is 10.8. The average Bonchev–Trinajstić information content (AvgIpc) is 2.30. The standard InChI is InChI=1S/C7H8F3NO2/c1-6(3-2-4-11(6)13)5(12)7(8,9)10/h4H,2-3H2,1H3. The smallest absolute Gasteiger partial charge is 0.457 e. The fourth-order valence-electron chi connectivity index (χ4n) is 1.29. The van der Waals surface area contributed by atoms with E-state index < -0.39 is 17.5 Å². The van der Waals surface area contributed by atoms with Gasteiger partial charge in [-0.25, -0.2) is 4.74 Å². The van der Waals surface area contributed by atoms with Crippen molar-refractivity contribution in [1.82, 2.24) is 0 Å². The van der Waals surface area contributed by atoms with Crippen LogP contribution in [0.15, 0.2) is 0 Å². The summed E-state index contributed by atoms with van der Waals surface area (Å²) in [6, 6.07) is 0. The van der Waals surface area contributed by atoms with Crippen LogP contribution in [0.25, 0.3) is 0 Å². The van der Waals surface area contributed by atoms with Gasteiger partial charge < -0.3 is 5.21 Å². The molecule has 0 aliphatic carbocycles. The molecule has 0 bridgehead atoms. The lowest BCUT2D eigenvalue weighted by atomic mass is 9.93. The number of Topliss-reactive ketones (excluding diaryl/α,β-unsaturated/α-hetero) is 1. The molecule has 0 spiro atoms. The lowest BCUT2D eigenvalue weighted by molar-refractivity contribution is -0.517. The molecular weight excluding hydrogens is 187 g/mol. The minimum absolute atomic E-state index is 0.0746. The predicted molar refractivity (Wildman–Crippen MR) is 38.4 cm³/mol. The first-order valence-corrected chi connectivity index (χ1v) is 3.70. The first kappa shape index (κ1) is 10.0. The summed E-state index contributed by atoms with van der Waals surface area (Å²) in [5.41, 5.74) is -1.95. The molecule has 0 aromatic rings. The third kappa shape index (κ3) is 1.52. The topological polar surface area (TPSA) is 43.1 Å². The maximum atomic E-state index is 12.0. The Morgan fingerprint density at radius 2 is 2.15 bits per heavy atom. The quantitative estimate of drug-likeness (QED) is 0.466. The van der Waals surface area contributed by atoms with Crippen LogP contribution in [0.2, 0.25) is 0 Å². The van der Waals surface area contributed by atoms with Crippen molar-refractivity contribution in [2.24, 2.45) is 0 Å². The second kappa shape index (κ2) is 2.71. The molecule has 0 aromatic heterocycles. The van der Waals surface area contributed by atoms with E-state index in [1.807, 2.05) is 0 Å². The molecule has 1 unspecified atom stereocenters. The van der Waals surface area contributed by atoms with E-state index in [1.165, 1.54) is 0 Å². The van der Waals surface area contributed by atoms with Crippen LogP contribution in [-0.4, -0.2) is 28.5 Å². The van der Waals surface area contributed by atoms with Gasteiger partial charge in [-0.1, -0.05) is 0 Å². The maximum Gasteiger partial charge on any atom is 0.457 e. The van der Waals surface area contributed by atoms with Crippen molar-refractivity contribution in [2.75, 3.05) is 0 Å². The lowest BCUT2D eigenvalue weighted by Crippen LogP contribution is -2.48. The Hall–Kier alpha value is -1.07. The maximum absolute atomic E-state index is 12.0. The predicted octanol–water partition coefficient (Wildman–Crippen LogP) is 1.25. The summed E-state index contributed by atoms with van der Waals surface area (Å²) in [5, 5.41) is 10.9. The molecule has 0 N–H and O–H groups in total. The van der Waals surface area contributed by atoms with Gasteiger partial charge in [0.05, 0.1) is 0 Å². The van der Waals surface area contributed by atoms with Crippen molar-refractivity contribution in [3.8, 4) is 0 Å². The van der Waals surface area contributed by atoms with Crippen LogP contribution < -0.4 is 0 Å². The molecule has 0 radical (unpaired) electrons. The summed E-state index contributed by atoms with van der Waals surface area (Å²) >= 11 is 0. The van der Waals surface area contributed by atoms with Crippen LogP contribution in [0.1, 0.15) is 19.8 Å². The minimum Gasteiger partial charge on any atom is -0.623 e. The Morgan fingerprint density at radius 1 is 1.62 bits per heavy atom. The number of hydroxylamine groups is 1. The van der Waals surface area contributed by atoms with Crippen LogP contribution in [0.5, 0.6) is 0 Å². The molecule has 1 atom stereocenters. The summed E-state index contributed by atoms with van der Waals surface area (Å²) in [6.07, 6.45) is -3.74. The van der Waals surface area contributed by atoms with Gasteiger partial charge >= 0.3 is 12.0 Å². The number of carbonyl (C=O) groups excluding carboxylic acids is 1. The number of hydrogen-bond donors (Lipinski definition) is 0. The lowest BCUT2D eigenvalue weighted by Gasteiger charge is -2.22. The second-order valence-electron chi connectivity index (χ2n) is 3.15. The van der Waals surface area contributed by atoms with Crippen LogP contribution >= 0.6 is 0 Å². The third-order valence-electron chi connectivity index (χ3n) is 2.16. The molecule has 3 nitrogen and oxygen atoms in total. The van der Waals surface area contributed by atoms with Crippen molar-refractivity contribution < 1.29 is 22.7 Å². The van der Waals surface area contributed by atoms with Crippen LogP contribution in [0.3, 0.4) is 0 Å².